The van der Waals surface area contributed by atoms with Crippen LogP contribution in [0.5, 0.6) is 11.6 Å². The van der Waals surface area contributed by atoms with Gasteiger partial charge in [0.2, 0.25) is 5.88 Å². The fourth-order valence-corrected chi connectivity index (χ4v) is 5.86. The number of nitrogens with two attached hydrogens (primary N) is 1. The Hall–Kier alpha value is -5.75. The minimum absolute atomic E-state index is 0.000949. The standard InChI is InChI=1S/C29H28F6N6O4.C10H18O5/c1-3-27(37)19(14-20-22(41(27)26(42)43)6-7-24(39-20)44-2)25-38-15-23(45-9-5-4-8-36)21(40-25)12-16-10-17(28(30,31)32)13-18(11-16)29(33,34)35;1-9(2,7(11)12)5-15-6-10(3,4)8(13)14/h6-7,10-11,13,15,19H,3-5,9,12,14,37H2,1-2H3,(H,42,43);5-6H2,1-4H3,(H,11,12)(H,13,14). The van der Waals surface area contributed by atoms with E-state index in [0.717, 1.165) is 4.90 Å². The number of aliphatic carboxylic acids is 2. The molecular weight excluding hydrogens is 810 g/mol. The zero-order valence-corrected chi connectivity index (χ0v) is 33.6. The Bertz CT molecular complexity index is 2010. The van der Waals surface area contributed by atoms with Crippen LogP contribution in [-0.2, 0) is 39.5 Å². The molecule has 5 N–H and O–H groups in total. The molecule has 0 radical (unpaired) electrons. The second-order valence-corrected chi connectivity index (χ2v) is 15.1. The second-order valence-electron chi connectivity index (χ2n) is 15.1. The average molecular weight is 857 g/mol. The maximum atomic E-state index is 13.6. The van der Waals surface area contributed by atoms with Gasteiger partial charge in [-0.1, -0.05) is 6.92 Å². The van der Waals surface area contributed by atoms with E-state index in [4.69, 9.17) is 35.4 Å². The molecule has 1 aliphatic rings. The van der Waals surface area contributed by atoms with Gasteiger partial charge in [0, 0.05) is 25.3 Å². The van der Waals surface area contributed by atoms with E-state index in [0.29, 0.717) is 17.8 Å². The summed E-state index contributed by atoms with van der Waals surface area (Å²) in [6.07, 6.45) is -10.3. The molecule has 0 fully saturated rings. The third-order valence-electron chi connectivity index (χ3n) is 9.50. The minimum atomic E-state index is -5.06. The molecule has 60 heavy (non-hydrogen) atoms. The van der Waals surface area contributed by atoms with Gasteiger partial charge in [-0.05, 0) is 70.4 Å². The molecule has 3 aromatic rings. The number of rotatable bonds is 15. The van der Waals surface area contributed by atoms with Gasteiger partial charge in [-0.2, -0.15) is 31.6 Å². The molecule has 4 rings (SSSR count). The van der Waals surface area contributed by atoms with Gasteiger partial charge in [-0.25, -0.2) is 19.7 Å². The number of amides is 1. The number of hydrogen-bond donors (Lipinski definition) is 4. The van der Waals surface area contributed by atoms with Gasteiger partial charge in [-0.3, -0.25) is 14.5 Å². The van der Waals surface area contributed by atoms with E-state index in [2.05, 4.69) is 15.0 Å². The summed E-state index contributed by atoms with van der Waals surface area (Å²) in [5, 5.41) is 36.6. The highest BCUT2D eigenvalue weighted by Crippen LogP contribution is 2.44. The number of pyridine rings is 1. The number of nitrogens with zero attached hydrogens (tertiary/aromatic N) is 5. The summed E-state index contributed by atoms with van der Waals surface area (Å²) in [7, 11) is 1.38. The first-order chi connectivity index (χ1) is 27.7. The largest absolute Gasteiger partial charge is 0.490 e. The molecular formula is C39H46F6N6O9. The summed E-state index contributed by atoms with van der Waals surface area (Å²) < 4.78 is 97.5. The van der Waals surface area contributed by atoms with Crippen molar-refractivity contribution in [3.8, 4) is 17.7 Å². The molecule has 0 bridgehead atoms. The third kappa shape index (κ3) is 11.9. The van der Waals surface area contributed by atoms with E-state index in [1.165, 1.54) is 53.1 Å². The molecule has 3 heterocycles. The van der Waals surface area contributed by atoms with Crippen LogP contribution in [0, 0.1) is 22.2 Å². The molecule has 328 valence electrons. The summed E-state index contributed by atoms with van der Waals surface area (Å²) in [6.45, 7) is 7.76. The molecule has 0 saturated heterocycles. The number of unbranched alkanes of at least 4 members (excludes halogenated alkanes) is 1. The van der Waals surface area contributed by atoms with Crippen molar-refractivity contribution in [3.63, 3.8) is 0 Å². The van der Waals surface area contributed by atoms with Crippen molar-refractivity contribution < 1.29 is 70.3 Å². The fraction of sp³-hybridized carbons (Fsp3) is 0.513. The van der Waals surface area contributed by atoms with Gasteiger partial charge in [0.1, 0.15) is 11.5 Å². The normalized spacial score (nSPS) is 16.8. The van der Waals surface area contributed by atoms with Crippen molar-refractivity contribution in [2.24, 2.45) is 16.6 Å². The summed E-state index contributed by atoms with van der Waals surface area (Å²) in [4.78, 5) is 48.1. The molecule has 1 amide bonds. The van der Waals surface area contributed by atoms with Gasteiger partial charge in [0.15, 0.2) is 5.75 Å². The van der Waals surface area contributed by atoms with Gasteiger partial charge in [-0.15, -0.1) is 0 Å². The first-order valence-electron chi connectivity index (χ1n) is 18.3. The van der Waals surface area contributed by atoms with E-state index in [1.807, 2.05) is 6.07 Å². The number of carboxylic acids is 2. The number of carboxylic acid groups (broad SMARTS) is 3. The average Bonchev–Trinajstić information content (AvgIpc) is 3.15. The Balaban J connectivity index is 0.000000544. The van der Waals surface area contributed by atoms with Crippen LogP contribution >= 0.6 is 0 Å². The highest BCUT2D eigenvalue weighted by molar-refractivity contribution is 5.89. The Morgan fingerprint density at radius 1 is 0.950 bits per heavy atom. The lowest BCUT2D eigenvalue weighted by Crippen LogP contribution is -2.64. The van der Waals surface area contributed by atoms with Crippen LogP contribution in [0.3, 0.4) is 0 Å². The van der Waals surface area contributed by atoms with E-state index in [1.54, 1.807) is 6.92 Å². The number of carbonyl (C=O) groups is 3. The fourth-order valence-electron chi connectivity index (χ4n) is 5.86. The number of ether oxygens (including phenoxy) is 3. The highest BCUT2D eigenvalue weighted by atomic mass is 19.4. The smallest absolute Gasteiger partial charge is 0.416 e. The summed E-state index contributed by atoms with van der Waals surface area (Å²) >= 11 is 0. The Labute approximate surface area is 341 Å². The monoisotopic (exact) mass is 856 g/mol. The molecule has 1 aliphatic heterocycles. The number of benzene rings is 1. The van der Waals surface area contributed by atoms with Gasteiger partial charge < -0.3 is 35.3 Å². The van der Waals surface area contributed by atoms with Crippen LogP contribution < -0.4 is 20.1 Å². The SMILES string of the molecule is CC(C)(COCC(C)(C)C(=O)O)C(=O)O.CCC1(N)C(c2ncc(OCCCC#N)c(Cc3cc(C(F)(F)F)cc(C(F)(F)F)c3)n2)Cc2nc(OC)ccc2N1C(=O)O. The number of nitriles is 1. The maximum absolute atomic E-state index is 13.6. The minimum Gasteiger partial charge on any atom is -0.490 e. The van der Waals surface area contributed by atoms with Crippen molar-refractivity contribution in [2.45, 2.75) is 90.7 Å². The first kappa shape index (κ1) is 48.6. The van der Waals surface area contributed by atoms with Crippen LogP contribution in [0.25, 0.3) is 0 Å². The molecule has 0 spiro atoms. The van der Waals surface area contributed by atoms with Gasteiger partial charge in [0.05, 0.1) is 84.1 Å². The molecule has 15 nitrogen and oxygen atoms in total. The van der Waals surface area contributed by atoms with E-state index < -0.39 is 70.3 Å². The quantitative estimate of drug-likeness (QED) is 0.0868. The molecule has 21 heteroatoms. The lowest BCUT2D eigenvalue weighted by atomic mass is 9.80. The molecule has 0 aliphatic carbocycles. The van der Waals surface area contributed by atoms with Crippen LogP contribution in [0.2, 0.25) is 0 Å². The summed E-state index contributed by atoms with van der Waals surface area (Å²) in [5.74, 6) is -2.74. The lowest BCUT2D eigenvalue weighted by Gasteiger charge is -2.47. The topological polar surface area (TPSA) is 231 Å². The number of fused-ring (bicyclic) bond motifs is 1. The van der Waals surface area contributed by atoms with Crippen molar-refractivity contribution in [3.05, 3.63) is 70.4 Å². The maximum Gasteiger partial charge on any atom is 0.416 e. The van der Waals surface area contributed by atoms with Crippen molar-refractivity contribution in [2.75, 3.05) is 31.8 Å². The Kier molecular flexibility index (Phi) is 15.5. The van der Waals surface area contributed by atoms with Crippen LogP contribution in [-0.4, -0.2) is 80.9 Å². The number of hydrogen-bond acceptors (Lipinski definition) is 11. The predicted octanol–water partition coefficient (Wildman–Crippen LogP) is 7.31. The van der Waals surface area contributed by atoms with Gasteiger partial charge >= 0.3 is 30.4 Å². The lowest BCUT2D eigenvalue weighted by molar-refractivity contribution is -0.155. The number of alkyl halides is 6. The Morgan fingerprint density at radius 2 is 1.52 bits per heavy atom. The Morgan fingerprint density at radius 3 is 1.98 bits per heavy atom. The molecule has 1 aromatic carbocycles. The van der Waals surface area contributed by atoms with Crippen molar-refractivity contribution >= 4 is 23.7 Å². The molecule has 2 aromatic heterocycles. The van der Waals surface area contributed by atoms with Crippen LogP contribution in [0.15, 0.2) is 36.5 Å². The third-order valence-corrected chi connectivity index (χ3v) is 9.50. The zero-order chi connectivity index (χ0) is 45.4. The van der Waals surface area contributed by atoms with Gasteiger partial charge in [0.25, 0.3) is 0 Å². The molecule has 2 atom stereocenters. The number of aromatic nitrogens is 3. The highest BCUT2D eigenvalue weighted by Gasteiger charge is 2.50. The molecule has 2 unspecified atom stereocenters. The van der Waals surface area contributed by atoms with Crippen LogP contribution in [0.4, 0.5) is 36.8 Å². The predicted molar refractivity (Wildman–Crippen MR) is 200 cm³/mol. The van der Waals surface area contributed by atoms with Crippen molar-refractivity contribution in [1.82, 2.24) is 15.0 Å². The summed E-state index contributed by atoms with van der Waals surface area (Å²) in [5.41, 5.74) is 0.247. The zero-order valence-electron chi connectivity index (χ0n) is 33.6. The summed E-state index contributed by atoms with van der Waals surface area (Å²) in [6, 6.07) is 6.13. The number of anilines is 1. The number of methoxy groups -OCH3 is 1. The van der Waals surface area contributed by atoms with Crippen LogP contribution in [0.1, 0.15) is 93.7 Å². The van der Waals surface area contributed by atoms with E-state index in [-0.39, 0.29) is 86.0 Å². The first-order valence-corrected chi connectivity index (χ1v) is 18.3. The number of halogens is 6. The molecule has 0 saturated carbocycles. The second kappa shape index (κ2) is 19.1. The van der Waals surface area contributed by atoms with Crippen molar-refractivity contribution in [1.29, 1.82) is 5.26 Å². The van der Waals surface area contributed by atoms with E-state index in [9.17, 15) is 45.8 Å². The van der Waals surface area contributed by atoms with E-state index >= 15 is 0 Å².